The summed E-state index contributed by atoms with van der Waals surface area (Å²) in [6.07, 6.45) is 0. The maximum atomic E-state index is 9.38. The summed E-state index contributed by atoms with van der Waals surface area (Å²) in [5, 5.41) is 17.6. The molecule has 2 aromatic rings. The summed E-state index contributed by atoms with van der Waals surface area (Å²) in [5.74, 6) is 1.34. The van der Waals surface area contributed by atoms with Crippen molar-refractivity contribution in [1.82, 2.24) is 14.8 Å². The molecular formula is C13H16BrN3O. The van der Waals surface area contributed by atoms with Gasteiger partial charge in [0.15, 0.2) is 11.6 Å². The van der Waals surface area contributed by atoms with Crippen molar-refractivity contribution in [2.45, 2.75) is 32.9 Å². The monoisotopic (exact) mass is 309 g/mol. The zero-order valence-corrected chi connectivity index (χ0v) is 12.3. The number of nitrogens with zero attached hydrogens (tertiary/aromatic N) is 3. The topological polar surface area (TPSA) is 50.9 Å². The molecule has 18 heavy (non-hydrogen) atoms. The molecule has 0 aliphatic carbocycles. The highest BCUT2D eigenvalue weighted by atomic mass is 79.9. The minimum Gasteiger partial charge on any atom is -0.388 e. The van der Waals surface area contributed by atoms with Crippen LogP contribution in [0.3, 0.4) is 0 Å². The van der Waals surface area contributed by atoms with E-state index in [2.05, 4.69) is 46.9 Å². The first kappa shape index (κ1) is 13.2. The van der Waals surface area contributed by atoms with E-state index in [1.807, 2.05) is 28.8 Å². The molecule has 1 aromatic carbocycles. The van der Waals surface area contributed by atoms with Gasteiger partial charge in [-0.25, -0.2) is 0 Å². The van der Waals surface area contributed by atoms with Gasteiger partial charge in [0.2, 0.25) is 0 Å². The van der Waals surface area contributed by atoms with E-state index in [-0.39, 0.29) is 12.1 Å². The summed E-state index contributed by atoms with van der Waals surface area (Å²) in [4.78, 5) is 0. The summed E-state index contributed by atoms with van der Waals surface area (Å²) in [6.45, 7) is 6.08. The van der Waals surface area contributed by atoms with Crippen LogP contribution in [0.1, 0.15) is 26.6 Å². The molecule has 96 valence electrons. The molecule has 4 nitrogen and oxygen atoms in total. The molecule has 0 atom stereocenters. The van der Waals surface area contributed by atoms with E-state index in [1.54, 1.807) is 0 Å². The van der Waals surface area contributed by atoms with E-state index in [4.69, 9.17) is 0 Å². The van der Waals surface area contributed by atoms with E-state index in [0.29, 0.717) is 5.82 Å². The zero-order valence-electron chi connectivity index (χ0n) is 10.7. The lowest BCUT2D eigenvalue weighted by Gasteiger charge is -2.24. The third-order valence-corrected chi connectivity index (χ3v) is 3.35. The van der Waals surface area contributed by atoms with Crippen molar-refractivity contribution in [3.63, 3.8) is 0 Å². The van der Waals surface area contributed by atoms with E-state index in [0.717, 1.165) is 15.9 Å². The number of aliphatic hydroxyl groups excluding tert-OH is 1. The van der Waals surface area contributed by atoms with Gasteiger partial charge in [0.1, 0.15) is 6.61 Å². The van der Waals surface area contributed by atoms with Gasteiger partial charge in [0.05, 0.1) is 0 Å². The normalized spacial score (nSPS) is 11.8. The van der Waals surface area contributed by atoms with Crippen molar-refractivity contribution in [2.75, 3.05) is 0 Å². The number of hydrogen-bond acceptors (Lipinski definition) is 3. The Balaban J connectivity index is 2.66. The first-order valence-electron chi connectivity index (χ1n) is 5.75. The van der Waals surface area contributed by atoms with Crippen molar-refractivity contribution in [3.05, 3.63) is 34.6 Å². The lowest BCUT2D eigenvalue weighted by molar-refractivity contribution is 0.250. The average Bonchev–Trinajstić information content (AvgIpc) is 2.73. The molecule has 0 aliphatic rings. The summed E-state index contributed by atoms with van der Waals surface area (Å²) < 4.78 is 2.93. The number of halogens is 1. The molecule has 0 bridgehead atoms. The predicted molar refractivity (Wildman–Crippen MR) is 74.1 cm³/mol. The van der Waals surface area contributed by atoms with Gasteiger partial charge in [-0.15, -0.1) is 10.2 Å². The third-order valence-electron chi connectivity index (χ3n) is 2.66. The van der Waals surface area contributed by atoms with Gasteiger partial charge < -0.3 is 9.67 Å². The highest BCUT2D eigenvalue weighted by molar-refractivity contribution is 9.10. The van der Waals surface area contributed by atoms with Crippen molar-refractivity contribution >= 4 is 15.9 Å². The fourth-order valence-electron chi connectivity index (χ4n) is 1.94. The number of benzene rings is 1. The van der Waals surface area contributed by atoms with Gasteiger partial charge in [-0.2, -0.15) is 0 Å². The van der Waals surface area contributed by atoms with Crippen LogP contribution in [0.25, 0.3) is 11.4 Å². The molecule has 5 heteroatoms. The van der Waals surface area contributed by atoms with Crippen LogP contribution in [0.5, 0.6) is 0 Å². The molecule has 0 aliphatic heterocycles. The van der Waals surface area contributed by atoms with Gasteiger partial charge in [-0.3, -0.25) is 0 Å². The van der Waals surface area contributed by atoms with Crippen molar-refractivity contribution in [1.29, 1.82) is 0 Å². The van der Waals surface area contributed by atoms with E-state index < -0.39 is 0 Å². The lowest BCUT2D eigenvalue weighted by atomic mass is 10.1. The SMILES string of the molecule is CC(C)(C)n1c(CO)nnc1-c1ccccc1Br. The second kappa shape index (κ2) is 4.82. The third kappa shape index (κ3) is 2.33. The smallest absolute Gasteiger partial charge is 0.165 e. The standard InChI is InChI=1S/C13H16BrN3O/c1-13(2,3)17-11(8-18)15-16-12(17)9-6-4-5-7-10(9)14/h4-7,18H,8H2,1-3H3. The molecule has 2 rings (SSSR count). The molecule has 1 aromatic heterocycles. The molecule has 0 amide bonds. The Morgan fingerprint density at radius 2 is 1.89 bits per heavy atom. The largest absolute Gasteiger partial charge is 0.388 e. The highest BCUT2D eigenvalue weighted by Crippen LogP contribution is 2.30. The zero-order chi connectivity index (χ0) is 13.3. The lowest BCUT2D eigenvalue weighted by Crippen LogP contribution is -2.25. The maximum absolute atomic E-state index is 9.38. The Morgan fingerprint density at radius 1 is 1.22 bits per heavy atom. The summed E-state index contributed by atoms with van der Waals surface area (Å²) in [6, 6.07) is 7.87. The molecule has 0 unspecified atom stereocenters. The van der Waals surface area contributed by atoms with Gasteiger partial charge in [0.25, 0.3) is 0 Å². The van der Waals surface area contributed by atoms with Gasteiger partial charge in [-0.05, 0) is 26.8 Å². The summed E-state index contributed by atoms with van der Waals surface area (Å²) in [5.41, 5.74) is 0.784. The molecule has 0 spiro atoms. The average molecular weight is 310 g/mol. The van der Waals surface area contributed by atoms with Crippen LogP contribution in [0, 0.1) is 0 Å². The Morgan fingerprint density at radius 3 is 2.44 bits per heavy atom. The van der Waals surface area contributed by atoms with E-state index in [1.165, 1.54) is 0 Å². The summed E-state index contributed by atoms with van der Waals surface area (Å²) >= 11 is 3.52. The Bertz CT molecular complexity index is 558. The summed E-state index contributed by atoms with van der Waals surface area (Å²) in [7, 11) is 0. The van der Waals surface area contributed by atoms with Crippen LogP contribution in [0.15, 0.2) is 28.7 Å². The van der Waals surface area contributed by atoms with E-state index >= 15 is 0 Å². The molecule has 1 N–H and O–H groups in total. The highest BCUT2D eigenvalue weighted by Gasteiger charge is 2.24. The van der Waals surface area contributed by atoms with Crippen molar-refractivity contribution in [3.8, 4) is 11.4 Å². The van der Waals surface area contributed by atoms with Crippen LogP contribution >= 0.6 is 15.9 Å². The van der Waals surface area contributed by atoms with Gasteiger partial charge >= 0.3 is 0 Å². The molecule has 0 saturated carbocycles. The molecule has 1 heterocycles. The Kier molecular flexibility index (Phi) is 3.54. The first-order chi connectivity index (χ1) is 8.45. The Hall–Kier alpha value is -1.20. The van der Waals surface area contributed by atoms with E-state index in [9.17, 15) is 5.11 Å². The van der Waals surface area contributed by atoms with Crippen LogP contribution in [0.4, 0.5) is 0 Å². The first-order valence-corrected chi connectivity index (χ1v) is 6.55. The maximum Gasteiger partial charge on any atom is 0.165 e. The van der Waals surface area contributed by atoms with Crippen LogP contribution in [0.2, 0.25) is 0 Å². The van der Waals surface area contributed by atoms with Gasteiger partial charge in [0, 0.05) is 15.6 Å². The molecular weight excluding hydrogens is 294 g/mol. The van der Waals surface area contributed by atoms with Crippen LogP contribution in [-0.4, -0.2) is 19.9 Å². The van der Waals surface area contributed by atoms with Gasteiger partial charge in [-0.1, -0.05) is 34.1 Å². The number of aliphatic hydroxyl groups is 1. The van der Waals surface area contributed by atoms with Crippen LogP contribution in [-0.2, 0) is 12.1 Å². The predicted octanol–water partition coefficient (Wildman–Crippen LogP) is 2.95. The number of hydrogen-bond donors (Lipinski definition) is 1. The molecule has 0 radical (unpaired) electrons. The second-order valence-electron chi connectivity index (χ2n) is 5.08. The van der Waals surface area contributed by atoms with Crippen molar-refractivity contribution < 1.29 is 5.11 Å². The minimum atomic E-state index is -0.188. The quantitative estimate of drug-likeness (QED) is 0.928. The van der Waals surface area contributed by atoms with Crippen molar-refractivity contribution in [2.24, 2.45) is 0 Å². The fraction of sp³-hybridized carbons (Fsp3) is 0.385. The minimum absolute atomic E-state index is 0.116. The Labute approximate surface area is 115 Å². The molecule has 0 saturated heterocycles. The number of aromatic nitrogens is 3. The number of rotatable bonds is 2. The second-order valence-corrected chi connectivity index (χ2v) is 5.94. The van der Waals surface area contributed by atoms with Crippen LogP contribution < -0.4 is 0 Å². The fourth-order valence-corrected chi connectivity index (χ4v) is 2.40. The molecule has 0 fully saturated rings.